The van der Waals surface area contributed by atoms with Crippen LogP contribution in [0.3, 0.4) is 0 Å². The predicted octanol–water partition coefficient (Wildman–Crippen LogP) is 2.43. The Hall–Kier alpha value is -2.16. The summed E-state index contributed by atoms with van der Waals surface area (Å²) in [6.45, 7) is -0.200. The monoisotopic (exact) mass is 242 g/mol. The first-order valence-electron chi connectivity index (χ1n) is 5.85. The molecule has 0 aromatic heterocycles. The number of hydrogen-bond donors (Lipinski definition) is 0. The predicted molar refractivity (Wildman–Crippen MR) is 68.8 cm³/mol. The van der Waals surface area contributed by atoms with E-state index in [-0.39, 0.29) is 6.61 Å². The number of esters is 1. The van der Waals surface area contributed by atoms with Gasteiger partial charge in [-0.25, -0.2) is 4.79 Å². The lowest BCUT2D eigenvalue weighted by molar-refractivity contribution is -0.141. The van der Waals surface area contributed by atoms with Crippen molar-refractivity contribution >= 4 is 12.3 Å². The Morgan fingerprint density at radius 3 is 2.61 bits per heavy atom. The molecule has 0 spiro atoms. The minimum atomic E-state index is -0.440. The molecule has 0 saturated heterocycles. The fourth-order valence-corrected chi connectivity index (χ4v) is 1.87. The lowest BCUT2D eigenvalue weighted by atomic mass is 10.0. The number of allylic oxidation sites excluding steroid dienone is 8. The van der Waals surface area contributed by atoms with Gasteiger partial charge < -0.3 is 4.74 Å². The number of aldehydes is 1. The molecule has 0 aromatic carbocycles. The van der Waals surface area contributed by atoms with Crippen LogP contribution in [-0.2, 0) is 14.3 Å². The van der Waals surface area contributed by atoms with Gasteiger partial charge in [-0.2, -0.15) is 0 Å². The maximum Gasteiger partial charge on any atom is 0.338 e. The zero-order chi connectivity index (χ0) is 12.8. The van der Waals surface area contributed by atoms with Crippen LogP contribution < -0.4 is 0 Å². The lowest BCUT2D eigenvalue weighted by Crippen LogP contribution is -2.11. The molecule has 92 valence electrons. The average molecular weight is 242 g/mol. The van der Waals surface area contributed by atoms with Crippen molar-refractivity contribution in [1.82, 2.24) is 0 Å². The maximum absolute atomic E-state index is 11.9. The zero-order valence-electron chi connectivity index (χ0n) is 9.96. The molecule has 0 aliphatic heterocycles. The Labute approximate surface area is 106 Å². The molecule has 2 aliphatic carbocycles. The van der Waals surface area contributed by atoms with E-state index in [0.717, 1.165) is 24.0 Å². The van der Waals surface area contributed by atoms with E-state index < -0.39 is 5.97 Å². The van der Waals surface area contributed by atoms with Crippen LogP contribution in [0.1, 0.15) is 12.8 Å². The highest BCUT2D eigenvalue weighted by Gasteiger charge is 2.17. The van der Waals surface area contributed by atoms with E-state index in [0.29, 0.717) is 11.9 Å². The molecule has 0 saturated carbocycles. The summed E-state index contributed by atoms with van der Waals surface area (Å²) in [4.78, 5) is 22.2. The van der Waals surface area contributed by atoms with Crippen LogP contribution in [0.15, 0.2) is 59.3 Å². The van der Waals surface area contributed by atoms with Gasteiger partial charge in [0.15, 0.2) is 6.29 Å². The first-order valence-corrected chi connectivity index (χ1v) is 5.85. The number of hydrogen-bond acceptors (Lipinski definition) is 3. The standard InChI is InChI=1S/C15H14O3/c16-9-10-18-15(17)14(13-7-3-4-8-13)11-12-5-1-2-6-12/h1-5,7,9,11H,6,8,10H2. The van der Waals surface area contributed by atoms with Crippen molar-refractivity contribution in [3.05, 3.63) is 59.3 Å². The Kier molecular flexibility index (Phi) is 4.07. The van der Waals surface area contributed by atoms with Crippen molar-refractivity contribution in [2.75, 3.05) is 6.61 Å². The van der Waals surface area contributed by atoms with E-state index in [2.05, 4.69) is 0 Å². The van der Waals surface area contributed by atoms with Crippen LogP contribution in [0.25, 0.3) is 0 Å². The van der Waals surface area contributed by atoms with Crippen LogP contribution in [-0.4, -0.2) is 18.9 Å². The van der Waals surface area contributed by atoms with Crippen molar-refractivity contribution in [2.24, 2.45) is 0 Å². The van der Waals surface area contributed by atoms with Crippen molar-refractivity contribution < 1.29 is 14.3 Å². The maximum atomic E-state index is 11.9. The summed E-state index contributed by atoms with van der Waals surface area (Å²) >= 11 is 0. The number of carbonyl (C=O) groups is 2. The molecule has 0 radical (unpaired) electrons. The molecule has 0 atom stereocenters. The molecule has 2 aliphatic rings. The van der Waals surface area contributed by atoms with E-state index >= 15 is 0 Å². The Morgan fingerprint density at radius 1 is 1.22 bits per heavy atom. The highest BCUT2D eigenvalue weighted by Crippen LogP contribution is 2.24. The van der Waals surface area contributed by atoms with Gasteiger partial charge in [-0.1, -0.05) is 36.5 Å². The third-order valence-corrected chi connectivity index (χ3v) is 2.75. The van der Waals surface area contributed by atoms with Crippen LogP contribution in [0.4, 0.5) is 0 Å². The quantitative estimate of drug-likeness (QED) is 0.422. The lowest BCUT2D eigenvalue weighted by Gasteiger charge is -2.08. The van der Waals surface area contributed by atoms with Crippen LogP contribution in [0.5, 0.6) is 0 Å². The SMILES string of the molecule is O=CCOC(=O)C(=CC1=CC=CC1)C1=CC=CC1. The molecule has 3 nitrogen and oxygen atoms in total. The van der Waals surface area contributed by atoms with E-state index in [4.69, 9.17) is 4.74 Å². The molecule has 0 amide bonds. The second kappa shape index (κ2) is 5.96. The summed E-state index contributed by atoms with van der Waals surface area (Å²) in [7, 11) is 0. The molecular formula is C15H14O3. The van der Waals surface area contributed by atoms with Crippen LogP contribution >= 0.6 is 0 Å². The molecule has 0 aromatic rings. The van der Waals surface area contributed by atoms with Crippen molar-refractivity contribution in [1.29, 1.82) is 0 Å². The minimum Gasteiger partial charge on any atom is -0.454 e. The van der Waals surface area contributed by atoms with Gasteiger partial charge in [-0.15, -0.1) is 0 Å². The van der Waals surface area contributed by atoms with Gasteiger partial charge in [0.2, 0.25) is 0 Å². The van der Waals surface area contributed by atoms with Gasteiger partial charge in [0, 0.05) is 0 Å². The summed E-state index contributed by atoms with van der Waals surface area (Å²) in [6.07, 6.45) is 15.7. The summed E-state index contributed by atoms with van der Waals surface area (Å²) in [5.74, 6) is -0.440. The van der Waals surface area contributed by atoms with E-state index in [9.17, 15) is 9.59 Å². The van der Waals surface area contributed by atoms with Gasteiger partial charge >= 0.3 is 5.97 Å². The second-order valence-electron chi connectivity index (χ2n) is 4.02. The summed E-state index contributed by atoms with van der Waals surface area (Å²) in [5, 5.41) is 0. The Bertz CT molecular complexity index is 502. The number of carbonyl (C=O) groups excluding carboxylic acids is 2. The van der Waals surface area contributed by atoms with Gasteiger partial charge in [-0.3, -0.25) is 4.79 Å². The zero-order valence-corrected chi connectivity index (χ0v) is 9.96. The highest BCUT2D eigenvalue weighted by atomic mass is 16.5. The molecule has 0 unspecified atom stereocenters. The first kappa shape index (κ1) is 12.3. The average Bonchev–Trinajstić information content (AvgIpc) is 3.05. The normalized spacial score (nSPS) is 17.7. The summed E-state index contributed by atoms with van der Waals surface area (Å²) < 4.78 is 4.88. The number of ether oxygens (including phenoxy) is 1. The Morgan fingerprint density at radius 2 is 2.00 bits per heavy atom. The largest absolute Gasteiger partial charge is 0.454 e. The summed E-state index contributed by atoms with van der Waals surface area (Å²) in [5.41, 5.74) is 2.54. The van der Waals surface area contributed by atoms with Crippen LogP contribution in [0.2, 0.25) is 0 Å². The molecule has 0 N–H and O–H groups in total. The fourth-order valence-electron chi connectivity index (χ4n) is 1.87. The second-order valence-corrected chi connectivity index (χ2v) is 4.02. The molecule has 0 fully saturated rings. The number of rotatable bonds is 5. The van der Waals surface area contributed by atoms with Crippen molar-refractivity contribution in [2.45, 2.75) is 12.8 Å². The smallest absolute Gasteiger partial charge is 0.338 e. The van der Waals surface area contributed by atoms with E-state index in [1.807, 2.05) is 42.5 Å². The molecule has 2 rings (SSSR count). The third-order valence-electron chi connectivity index (χ3n) is 2.75. The minimum absolute atomic E-state index is 0.200. The van der Waals surface area contributed by atoms with Crippen molar-refractivity contribution in [3.8, 4) is 0 Å². The molecule has 0 heterocycles. The topological polar surface area (TPSA) is 43.4 Å². The molecule has 0 bridgehead atoms. The van der Waals surface area contributed by atoms with Crippen molar-refractivity contribution in [3.63, 3.8) is 0 Å². The molecular weight excluding hydrogens is 228 g/mol. The first-order chi connectivity index (χ1) is 8.81. The van der Waals surface area contributed by atoms with Crippen LogP contribution in [0, 0.1) is 0 Å². The fraction of sp³-hybridized carbons (Fsp3) is 0.200. The molecule has 18 heavy (non-hydrogen) atoms. The van der Waals surface area contributed by atoms with E-state index in [1.165, 1.54) is 0 Å². The highest BCUT2D eigenvalue weighted by molar-refractivity contribution is 5.95. The van der Waals surface area contributed by atoms with E-state index in [1.54, 1.807) is 0 Å². The third kappa shape index (κ3) is 2.94. The van der Waals surface area contributed by atoms with Gasteiger partial charge in [0.05, 0.1) is 5.57 Å². The summed E-state index contributed by atoms with van der Waals surface area (Å²) in [6, 6.07) is 0. The molecule has 3 heteroatoms. The van der Waals surface area contributed by atoms with Gasteiger partial charge in [-0.05, 0) is 30.1 Å². The van der Waals surface area contributed by atoms with Gasteiger partial charge in [0.1, 0.15) is 6.61 Å². The van der Waals surface area contributed by atoms with Gasteiger partial charge in [0.25, 0.3) is 0 Å². The Balaban J connectivity index is 2.17.